The highest BCUT2D eigenvalue weighted by Crippen LogP contribution is 2.31. The maximum absolute atomic E-state index is 13.9. The first-order valence-corrected chi connectivity index (χ1v) is 6.18. The fraction of sp³-hybridized carbons (Fsp3) is 0.200. The number of anilines is 2. The SMILES string of the molecule is CCN(c1ccccc1F)c1cccc(F)c1CN. The van der Waals surface area contributed by atoms with E-state index in [1.165, 1.54) is 12.1 Å². The molecular formula is C15H16F2N2. The molecule has 0 aliphatic carbocycles. The molecule has 2 aromatic carbocycles. The Bertz CT molecular complexity index is 570. The summed E-state index contributed by atoms with van der Waals surface area (Å²) in [6.07, 6.45) is 0. The van der Waals surface area contributed by atoms with Gasteiger partial charge >= 0.3 is 0 Å². The summed E-state index contributed by atoms with van der Waals surface area (Å²) in [5.41, 5.74) is 7.02. The lowest BCUT2D eigenvalue weighted by Gasteiger charge is -2.26. The van der Waals surface area contributed by atoms with Gasteiger partial charge in [0.25, 0.3) is 0 Å². The van der Waals surface area contributed by atoms with Gasteiger partial charge in [0.2, 0.25) is 0 Å². The van der Waals surface area contributed by atoms with Crippen molar-refractivity contribution in [3.63, 3.8) is 0 Å². The summed E-state index contributed by atoms with van der Waals surface area (Å²) in [6.45, 7) is 2.49. The highest BCUT2D eigenvalue weighted by molar-refractivity contribution is 5.67. The van der Waals surface area contributed by atoms with Crippen LogP contribution >= 0.6 is 0 Å². The van der Waals surface area contributed by atoms with Crippen molar-refractivity contribution in [3.8, 4) is 0 Å². The van der Waals surface area contributed by atoms with E-state index in [2.05, 4.69) is 0 Å². The molecule has 0 unspecified atom stereocenters. The molecule has 19 heavy (non-hydrogen) atoms. The Labute approximate surface area is 111 Å². The molecule has 0 spiro atoms. The molecule has 0 aliphatic rings. The molecule has 2 nitrogen and oxygen atoms in total. The number of halogens is 2. The number of rotatable bonds is 4. The minimum Gasteiger partial charge on any atom is -0.339 e. The summed E-state index contributed by atoms with van der Waals surface area (Å²) in [7, 11) is 0. The largest absolute Gasteiger partial charge is 0.339 e. The summed E-state index contributed by atoms with van der Waals surface area (Å²) >= 11 is 0. The predicted molar refractivity (Wildman–Crippen MR) is 73.4 cm³/mol. The first-order valence-electron chi connectivity index (χ1n) is 6.18. The zero-order valence-corrected chi connectivity index (χ0v) is 10.7. The highest BCUT2D eigenvalue weighted by atomic mass is 19.1. The zero-order chi connectivity index (χ0) is 13.8. The van der Waals surface area contributed by atoms with E-state index >= 15 is 0 Å². The molecule has 0 aliphatic heterocycles. The van der Waals surface area contributed by atoms with Crippen LogP contribution in [0.5, 0.6) is 0 Å². The van der Waals surface area contributed by atoms with Gasteiger partial charge in [0, 0.05) is 24.3 Å². The van der Waals surface area contributed by atoms with Gasteiger partial charge in [-0.25, -0.2) is 8.78 Å². The van der Waals surface area contributed by atoms with E-state index < -0.39 is 0 Å². The van der Waals surface area contributed by atoms with Gasteiger partial charge in [0.05, 0.1) is 5.69 Å². The summed E-state index contributed by atoms with van der Waals surface area (Å²) in [5.74, 6) is -0.702. The minimum atomic E-state index is -0.366. The van der Waals surface area contributed by atoms with E-state index in [-0.39, 0.29) is 18.2 Å². The fourth-order valence-corrected chi connectivity index (χ4v) is 2.14. The lowest BCUT2D eigenvalue weighted by Crippen LogP contribution is -2.20. The van der Waals surface area contributed by atoms with Crippen molar-refractivity contribution < 1.29 is 8.78 Å². The molecule has 0 heterocycles. The van der Waals surface area contributed by atoms with Gasteiger partial charge in [0.15, 0.2) is 0 Å². The normalized spacial score (nSPS) is 10.5. The second kappa shape index (κ2) is 5.80. The van der Waals surface area contributed by atoms with E-state index in [1.54, 1.807) is 35.2 Å². The number of benzene rings is 2. The molecule has 0 bridgehead atoms. The Balaban J connectivity index is 2.55. The topological polar surface area (TPSA) is 29.3 Å². The van der Waals surface area contributed by atoms with Gasteiger partial charge in [-0.15, -0.1) is 0 Å². The third-order valence-electron chi connectivity index (χ3n) is 3.05. The van der Waals surface area contributed by atoms with Crippen LogP contribution in [0.25, 0.3) is 0 Å². The van der Waals surface area contributed by atoms with Crippen molar-refractivity contribution in [3.05, 3.63) is 59.7 Å². The molecular weight excluding hydrogens is 246 g/mol. The van der Waals surface area contributed by atoms with Gasteiger partial charge in [-0.1, -0.05) is 18.2 Å². The van der Waals surface area contributed by atoms with Crippen molar-refractivity contribution in [2.75, 3.05) is 11.4 Å². The molecule has 0 radical (unpaired) electrons. The van der Waals surface area contributed by atoms with Crippen molar-refractivity contribution in [2.24, 2.45) is 5.73 Å². The average Bonchev–Trinajstić information content (AvgIpc) is 2.42. The molecule has 2 aromatic rings. The molecule has 0 saturated carbocycles. The van der Waals surface area contributed by atoms with Crippen LogP contribution in [0.4, 0.5) is 20.2 Å². The highest BCUT2D eigenvalue weighted by Gasteiger charge is 2.16. The number of para-hydroxylation sites is 1. The van der Waals surface area contributed by atoms with E-state index in [0.717, 1.165) is 0 Å². The lowest BCUT2D eigenvalue weighted by atomic mass is 10.1. The number of nitrogens with zero attached hydrogens (tertiary/aromatic N) is 1. The van der Waals surface area contributed by atoms with Gasteiger partial charge < -0.3 is 10.6 Å². The van der Waals surface area contributed by atoms with E-state index in [9.17, 15) is 8.78 Å². The maximum Gasteiger partial charge on any atom is 0.146 e. The number of hydrogen-bond acceptors (Lipinski definition) is 2. The van der Waals surface area contributed by atoms with Crippen LogP contribution < -0.4 is 10.6 Å². The maximum atomic E-state index is 13.9. The standard InChI is InChI=1S/C15H16F2N2/c1-2-19(15-8-4-3-6-13(15)17)14-9-5-7-12(16)11(14)10-18/h3-9H,2,10,18H2,1H3. The molecule has 0 amide bonds. The molecule has 4 heteroatoms. The Hall–Kier alpha value is -1.94. The van der Waals surface area contributed by atoms with E-state index in [1.807, 2.05) is 6.92 Å². The summed E-state index contributed by atoms with van der Waals surface area (Å²) in [4.78, 5) is 1.72. The van der Waals surface area contributed by atoms with Crippen molar-refractivity contribution >= 4 is 11.4 Å². The Morgan fingerprint density at radius 3 is 2.21 bits per heavy atom. The Morgan fingerprint density at radius 1 is 0.947 bits per heavy atom. The smallest absolute Gasteiger partial charge is 0.146 e. The molecule has 0 fully saturated rings. The van der Waals surface area contributed by atoms with Gasteiger partial charge in [0.1, 0.15) is 11.6 Å². The molecule has 2 N–H and O–H groups in total. The summed E-state index contributed by atoms with van der Waals surface area (Å²) in [5, 5.41) is 0. The van der Waals surface area contributed by atoms with E-state index in [0.29, 0.717) is 23.5 Å². The molecule has 2 rings (SSSR count). The zero-order valence-electron chi connectivity index (χ0n) is 10.7. The first-order chi connectivity index (χ1) is 9.19. The minimum absolute atomic E-state index is 0.0763. The molecule has 0 aromatic heterocycles. The number of hydrogen-bond donors (Lipinski definition) is 1. The quantitative estimate of drug-likeness (QED) is 0.912. The van der Waals surface area contributed by atoms with Crippen LogP contribution in [0.1, 0.15) is 12.5 Å². The third-order valence-corrected chi connectivity index (χ3v) is 3.05. The fourth-order valence-electron chi connectivity index (χ4n) is 2.14. The summed E-state index contributed by atoms with van der Waals surface area (Å²) < 4.78 is 27.6. The van der Waals surface area contributed by atoms with Crippen molar-refractivity contribution in [2.45, 2.75) is 13.5 Å². The first kappa shape index (κ1) is 13.5. The van der Waals surface area contributed by atoms with Gasteiger partial charge in [-0.3, -0.25) is 0 Å². The second-order valence-corrected chi connectivity index (χ2v) is 4.14. The van der Waals surface area contributed by atoms with E-state index in [4.69, 9.17) is 5.73 Å². The number of nitrogens with two attached hydrogens (primary N) is 1. The van der Waals surface area contributed by atoms with Crippen LogP contribution in [-0.2, 0) is 6.54 Å². The third kappa shape index (κ3) is 2.58. The van der Waals surface area contributed by atoms with Crippen LogP contribution in [0.15, 0.2) is 42.5 Å². The van der Waals surface area contributed by atoms with Gasteiger partial charge in [-0.2, -0.15) is 0 Å². The Morgan fingerprint density at radius 2 is 1.58 bits per heavy atom. The van der Waals surface area contributed by atoms with Crippen LogP contribution in [0.3, 0.4) is 0 Å². The average molecular weight is 262 g/mol. The van der Waals surface area contributed by atoms with Gasteiger partial charge in [-0.05, 0) is 31.2 Å². The van der Waals surface area contributed by atoms with Crippen molar-refractivity contribution in [1.82, 2.24) is 0 Å². The predicted octanol–water partition coefficient (Wildman–Crippen LogP) is 3.58. The molecule has 100 valence electrons. The van der Waals surface area contributed by atoms with Crippen LogP contribution in [-0.4, -0.2) is 6.54 Å². The second-order valence-electron chi connectivity index (χ2n) is 4.14. The Kier molecular flexibility index (Phi) is 4.12. The monoisotopic (exact) mass is 262 g/mol. The molecule has 0 saturated heterocycles. The lowest BCUT2D eigenvalue weighted by molar-refractivity contribution is 0.608. The van der Waals surface area contributed by atoms with Crippen LogP contribution in [0.2, 0.25) is 0 Å². The summed E-state index contributed by atoms with van der Waals surface area (Å²) in [6, 6.07) is 11.2. The van der Waals surface area contributed by atoms with Crippen LogP contribution in [0, 0.1) is 11.6 Å². The van der Waals surface area contributed by atoms with Crippen molar-refractivity contribution in [1.29, 1.82) is 0 Å². The molecule has 0 atom stereocenters.